The lowest BCUT2D eigenvalue weighted by Gasteiger charge is -2.49. The maximum Gasteiger partial charge on any atom is 0.128 e. The molecule has 1 N–H and O–H groups in total. The zero-order valence-electron chi connectivity index (χ0n) is 24.5. The fourth-order valence-electron chi connectivity index (χ4n) is 5.35. The number of hydrogen-bond donors (Lipinski definition) is 1. The van der Waals surface area contributed by atoms with E-state index in [2.05, 4.69) is 112 Å². The predicted octanol–water partition coefficient (Wildman–Crippen LogP) is 8.13. The summed E-state index contributed by atoms with van der Waals surface area (Å²) in [5, 5.41) is 3.18. The summed E-state index contributed by atoms with van der Waals surface area (Å²) in [6.45, 7) is 16.4. The third-order valence-corrected chi connectivity index (χ3v) is 8.16. The predicted molar refractivity (Wildman–Crippen MR) is 166 cm³/mol. The van der Waals surface area contributed by atoms with Gasteiger partial charge in [0.05, 0.1) is 0 Å². The summed E-state index contributed by atoms with van der Waals surface area (Å²) in [7, 11) is 2.27. The Balaban J connectivity index is 2.04. The summed E-state index contributed by atoms with van der Waals surface area (Å²) >= 11 is 12.8. The molecule has 2 atom stereocenters. The number of allylic oxidation sites excluding steroid dienone is 6. The van der Waals surface area contributed by atoms with Crippen LogP contribution >= 0.6 is 23.2 Å². The van der Waals surface area contributed by atoms with Crippen LogP contribution in [0.3, 0.4) is 0 Å². The largest absolute Gasteiger partial charge is 0.274 e. The van der Waals surface area contributed by atoms with Crippen LogP contribution in [-0.4, -0.2) is 53.8 Å². The Hall–Kier alpha value is -1.43. The molecule has 0 aromatic heterocycles. The Labute approximate surface area is 241 Å². The zero-order valence-corrected chi connectivity index (χ0v) is 26.0. The Bertz CT molecular complexity index is 1030. The van der Waals surface area contributed by atoms with Crippen LogP contribution in [-0.2, 0) is 0 Å². The monoisotopic (exact) mass is 558 g/mol. The number of rotatable bonds is 10. The van der Waals surface area contributed by atoms with E-state index in [0.29, 0.717) is 18.2 Å². The van der Waals surface area contributed by atoms with Crippen molar-refractivity contribution in [1.29, 1.82) is 0 Å². The molecule has 3 rings (SSSR count). The highest BCUT2D eigenvalue weighted by molar-refractivity contribution is 6.30. The van der Waals surface area contributed by atoms with Crippen molar-refractivity contribution in [2.45, 2.75) is 78.9 Å². The summed E-state index contributed by atoms with van der Waals surface area (Å²) in [6, 6.07) is 11.2. The molecule has 0 amide bonds. The van der Waals surface area contributed by atoms with E-state index in [1.165, 1.54) is 5.56 Å². The first-order valence-corrected chi connectivity index (χ1v) is 15.0. The number of hydrazine groups is 1. The van der Waals surface area contributed by atoms with E-state index in [1.54, 1.807) is 0 Å². The van der Waals surface area contributed by atoms with E-state index in [9.17, 15) is 0 Å². The lowest BCUT2D eigenvalue weighted by atomic mass is 9.85. The Morgan fingerprint density at radius 3 is 2.47 bits per heavy atom. The number of aliphatic imine (C=N–C) groups is 1. The molecule has 2 unspecified atom stereocenters. The average Bonchev–Trinajstić information content (AvgIpc) is 3.06. The van der Waals surface area contributed by atoms with Gasteiger partial charge in [0.2, 0.25) is 0 Å². The summed E-state index contributed by atoms with van der Waals surface area (Å²) in [5.74, 6) is 1.07. The van der Waals surface area contributed by atoms with Gasteiger partial charge in [0.1, 0.15) is 5.66 Å². The lowest BCUT2D eigenvalue weighted by molar-refractivity contribution is -0.00976. The fourth-order valence-corrected chi connectivity index (χ4v) is 5.73. The minimum atomic E-state index is -0.395. The standard InChI is InChI=1S/C32H48Cl2N4/c1-24(2)22-38-18-17-32(23-35-38,36-25(3)28-19-26(21-33)13-14-29(34)20-28)37(7)30(15-16-31(4,5)6)27-11-9-8-10-12-27/h8-13,19-20,24,30,35H,14-18,21-23H2,1-7H3/b36-25+. The molecule has 0 saturated carbocycles. The molecule has 1 aromatic rings. The van der Waals surface area contributed by atoms with Crippen LogP contribution in [0, 0.1) is 11.3 Å². The maximum absolute atomic E-state index is 6.55. The van der Waals surface area contributed by atoms with Crippen LogP contribution in [0.25, 0.3) is 0 Å². The second-order valence-electron chi connectivity index (χ2n) is 12.5. The van der Waals surface area contributed by atoms with Crippen LogP contribution in [0.15, 0.2) is 69.7 Å². The van der Waals surface area contributed by atoms with Crippen molar-refractivity contribution in [3.63, 3.8) is 0 Å². The van der Waals surface area contributed by atoms with E-state index in [1.807, 2.05) is 0 Å². The lowest BCUT2D eigenvalue weighted by Crippen LogP contribution is -2.62. The molecule has 6 heteroatoms. The fraction of sp³-hybridized carbons (Fsp3) is 0.594. The van der Waals surface area contributed by atoms with E-state index < -0.39 is 5.66 Å². The SMILES string of the molecule is C/C(=N\C1(N(C)C(CCC(C)(C)C)c2ccccc2)CCN(CC(C)C)NC1)C1=CC(CCl)=CCC(Cl)=C1. The van der Waals surface area contributed by atoms with Crippen LogP contribution in [0.5, 0.6) is 0 Å². The normalized spacial score (nSPS) is 22.7. The second-order valence-corrected chi connectivity index (χ2v) is 13.3. The van der Waals surface area contributed by atoms with Crippen molar-refractivity contribution in [3.05, 3.63) is 70.3 Å². The summed E-state index contributed by atoms with van der Waals surface area (Å²) in [4.78, 5) is 8.09. The Morgan fingerprint density at radius 2 is 1.89 bits per heavy atom. The quantitative estimate of drug-likeness (QED) is 0.232. The number of likely N-dealkylation sites (N-methyl/N-ethyl adjacent to an activating group) is 1. The molecule has 4 nitrogen and oxygen atoms in total. The average molecular weight is 560 g/mol. The van der Waals surface area contributed by atoms with Gasteiger partial charge in [-0.1, -0.05) is 82.6 Å². The van der Waals surface area contributed by atoms with Gasteiger partial charge in [0.15, 0.2) is 0 Å². The maximum atomic E-state index is 6.55. The van der Waals surface area contributed by atoms with Crippen LogP contribution in [0.2, 0.25) is 0 Å². The summed E-state index contributed by atoms with van der Waals surface area (Å²) in [5.41, 5.74) is 8.08. The molecule has 1 saturated heterocycles. The van der Waals surface area contributed by atoms with Crippen LogP contribution < -0.4 is 5.43 Å². The Morgan fingerprint density at radius 1 is 1.18 bits per heavy atom. The first-order valence-electron chi connectivity index (χ1n) is 14.1. The number of hydrogen-bond acceptors (Lipinski definition) is 4. The molecule has 1 aromatic carbocycles. The van der Waals surface area contributed by atoms with Gasteiger partial charge in [-0.15, -0.1) is 11.6 Å². The number of nitrogens with one attached hydrogen (secondary N) is 1. The first-order chi connectivity index (χ1) is 17.9. The van der Waals surface area contributed by atoms with Crippen molar-refractivity contribution in [1.82, 2.24) is 15.3 Å². The second kappa shape index (κ2) is 13.8. The van der Waals surface area contributed by atoms with E-state index in [-0.39, 0.29) is 11.5 Å². The first kappa shape index (κ1) is 31.1. The molecular formula is C32H48Cl2N4. The molecule has 38 heavy (non-hydrogen) atoms. The van der Waals surface area contributed by atoms with E-state index in [4.69, 9.17) is 28.2 Å². The summed E-state index contributed by atoms with van der Waals surface area (Å²) < 4.78 is 0. The van der Waals surface area contributed by atoms with Gasteiger partial charge in [-0.3, -0.25) is 15.3 Å². The van der Waals surface area contributed by atoms with Gasteiger partial charge in [-0.2, -0.15) is 0 Å². The molecule has 0 radical (unpaired) electrons. The molecule has 210 valence electrons. The highest BCUT2D eigenvalue weighted by Gasteiger charge is 2.42. The summed E-state index contributed by atoms with van der Waals surface area (Å²) in [6.07, 6.45) is 10.2. The smallest absolute Gasteiger partial charge is 0.128 e. The van der Waals surface area contributed by atoms with Gasteiger partial charge in [-0.25, -0.2) is 5.01 Å². The molecule has 1 aliphatic carbocycles. The number of alkyl halides is 1. The van der Waals surface area contributed by atoms with Gasteiger partial charge in [0.25, 0.3) is 0 Å². The van der Waals surface area contributed by atoms with E-state index >= 15 is 0 Å². The molecule has 2 aliphatic rings. The van der Waals surface area contributed by atoms with Crippen molar-refractivity contribution in [3.8, 4) is 0 Å². The highest BCUT2D eigenvalue weighted by Crippen LogP contribution is 2.38. The number of benzene rings is 1. The van der Waals surface area contributed by atoms with Crippen LogP contribution in [0.4, 0.5) is 0 Å². The number of nitrogens with zero attached hydrogens (tertiary/aromatic N) is 3. The third-order valence-electron chi connectivity index (χ3n) is 7.59. The molecular weight excluding hydrogens is 511 g/mol. The van der Waals surface area contributed by atoms with E-state index in [0.717, 1.165) is 60.8 Å². The van der Waals surface area contributed by atoms with Crippen LogP contribution in [0.1, 0.15) is 78.8 Å². The molecule has 0 bridgehead atoms. The Kier molecular flexibility index (Phi) is 11.3. The van der Waals surface area contributed by atoms with Crippen molar-refractivity contribution in [2.75, 3.05) is 32.6 Å². The highest BCUT2D eigenvalue weighted by atomic mass is 35.5. The minimum Gasteiger partial charge on any atom is -0.274 e. The number of halogens is 2. The third kappa shape index (κ3) is 8.79. The molecule has 1 aliphatic heterocycles. The van der Waals surface area contributed by atoms with Crippen molar-refractivity contribution in [2.24, 2.45) is 16.3 Å². The topological polar surface area (TPSA) is 30.9 Å². The minimum absolute atomic E-state index is 0.256. The van der Waals surface area contributed by atoms with Gasteiger partial charge in [0, 0.05) is 55.1 Å². The van der Waals surface area contributed by atoms with Crippen molar-refractivity contribution >= 4 is 28.9 Å². The van der Waals surface area contributed by atoms with Gasteiger partial charge >= 0.3 is 0 Å². The van der Waals surface area contributed by atoms with Crippen molar-refractivity contribution < 1.29 is 0 Å². The van der Waals surface area contributed by atoms with Gasteiger partial charge in [-0.05, 0) is 67.0 Å². The molecule has 1 heterocycles. The molecule has 1 fully saturated rings. The van der Waals surface area contributed by atoms with Gasteiger partial charge < -0.3 is 0 Å². The molecule has 0 spiro atoms. The zero-order chi connectivity index (χ0) is 27.9.